The number of aliphatic hydroxyl groups excluding tert-OH is 2. The van der Waals surface area contributed by atoms with Gasteiger partial charge in [0.05, 0.1) is 18.8 Å². The monoisotopic (exact) mass is 952 g/mol. The number of aliphatic hydroxyl groups is 2. The van der Waals surface area contributed by atoms with Crippen LogP contribution in [0.2, 0.25) is 0 Å². The van der Waals surface area contributed by atoms with Gasteiger partial charge in [-0.2, -0.15) is 0 Å². The normalized spacial score (nSPS) is 13.1. The van der Waals surface area contributed by atoms with E-state index in [0.717, 1.165) is 38.5 Å². The van der Waals surface area contributed by atoms with Gasteiger partial charge >= 0.3 is 0 Å². The first-order valence-corrected chi connectivity index (χ1v) is 30.9. The van der Waals surface area contributed by atoms with Gasteiger partial charge in [-0.05, 0) is 70.6 Å². The summed E-state index contributed by atoms with van der Waals surface area (Å²) in [4.78, 5) is 12.5. The van der Waals surface area contributed by atoms with E-state index in [0.29, 0.717) is 6.42 Å². The third kappa shape index (κ3) is 55.3. The van der Waals surface area contributed by atoms with E-state index in [2.05, 4.69) is 55.6 Å². The summed E-state index contributed by atoms with van der Waals surface area (Å²) in [6.07, 6.45) is 83.2. The molecule has 0 aromatic rings. The highest BCUT2D eigenvalue weighted by atomic mass is 16.3. The first-order chi connectivity index (χ1) is 33.7. The molecule has 0 aliphatic heterocycles. The van der Waals surface area contributed by atoms with Crippen LogP contribution in [0.1, 0.15) is 335 Å². The highest BCUT2D eigenvalue weighted by Gasteiger charge is 2.18. The third-order valence-corrected chi connectivity index (χ3v) is 14.3. The molecule has 0 spiro atoms. The predicted octanol–water partition coefficient (Wildman–Crippen LogP) is 20.6. The highest BCUT2D eigenvalue weighted by molar-refractivity contribution is 5.76. The minimum Gasteiger partial charge on any atom is -0.394 e. The third-order valence-electron chi connectivity index (χ3n) is 14.3. The second kappa shape index (κ2) is 59.7. The fourth-order valence-corrected chi connectivity index (χ4v) is 9.56. The molecule has 0 aromatic carbocycles. The number of carbonyl (C=O) groups is 1. The van der Waals surface area contributed by atoms with Crippen molar-refractivity contribution in [2.45, 2.75) is 347 Å². The van der Waals surface area contributed by atoms with Crippen LogP contribution >= 0.6 is 0 Å². The lowest BCUT2D eigenvalue weighted by Crippen LogP contribution is -2.45. The first-order valence-electron chi connectivity index (χ1n) is 30.9. The molecule has 0 heterocycles. The topological polar surface area (TPSA) is 69.6 Å². The molecule has 4 nitrogen and oxygen atoms in total. The van der Waals surface area contributed by atoms with Crippen molar-refractivity contribution in [1.29, 1.82) is 0 Å². The molecule has 0 aliphatic carbocycles. The molecule has 0 saturated carbocycles. The summed E-state index contributed by atoms with van der Waals surface area (Å²) >= 11 is 0. The lowest BCUT2D eigenvalue weighted by molar-refractivity contribution is -0.123. The van der Waals surface area contributed by atoms with Gasteiger partial charge in [-0.15, -0.1) is 0 Å². The van der Waals surface area contributed by atoms with Gasteiger partial charge in [0.2, 0.25) is 5.91 Å². The summed E-state index contributed by atoms with van der Waals surface area (Å²) in [5, 5.41) is 23.1. The van der Waals surface area contributed by atoms with Crippen molar-refractivity contribution < 1.29 is 15.0 Å². The molecule has 0 bridgehead atoms. The standard InChI is InChI=1S/C64H121NO3/c1-3-5-7-9-11-13-15-17-19-21-22-23-24-25-26-27-28-29-30-31-32-33-34-35-36-37-38-39-40-41-42-44-46-48-50-52-54-56-58-60-64(68)65-62(61-66)63(67)59-57-55-53-51-49-47-45-43-20-18-16-14-12-10-8-6-4-2/h20-22,43,49,51,57,59,62-63,66-67H,3-19,23-42,44-48,50,52-56,58,60-61H2,1-2H3,(H,65,68)/b22-21-,43-20+,51-49+,59-57+. The van der Waals surface area contributed by atoms with E-state index in [4.69, 9.17) is 0 Å². The van der Waals surface area contributed by atoms with Crippen LogP contribution in [-0.4, -0.2) is 34.9 Å². The van der Waals surface area contributed by atoms with E-state index in [-0.39, 0.29) is 12.5 Å². The highest BCUT2D eigenvalue weighted by Crippen LogP contribution is 2.18. The number of hydrogen-bond donors (Lipinski definition) is 3. The molecule has 3 N–H and O–H groups in total. The van der Waals surface area contributed by atoms with Gasteiger partial charge in [-0.3, -0.25) is 4.79 Å². The Bertz CT molecular complexity index is 1080. The average Bonchev–Trinajstić information content (AvgIpc) is 3.34. The fourth-order valence-electron chi connectivity index (χ4n) is 9.56. The molecule has 0 rings (SSSR count). The van der Waals surface area contributed by atoms with Crippen molar-refractivity contribution in [2.75, 3.05) is 6.61 Å². The SMILES string of the molecule is CCCCCCCCC/C=C/CC/C=C/CC/C=C/C(O)C(CO)NC(=O)CCCCCCCCCCCCCCCCCCCCCCCCCCCCC/C=C\CCCCCCCCCC. The van der Waals surface area contributed by atoms with Crippen molar-refractivity contribution in [3.63, 3.8) is 0 Å². The molecular weight excluding hydrogens is 831 g/mol. The van der Waals surface area contributed by atoms with Crippen LogP contribution in [0.25, 0.3) is 0 Å². The van der Waals surface area contributed by atoms with Crippen LogP contribution in [0.4, 0.5) is 0 Å². The number of nitrogens with one attached hydrogen (secondary N) is 1. The predicted molar refractivity (Wildman–Crippen MR) is 304 cm³/mol. The molecule has 0 aromatic heterocycles. The summed E-state index contributed by atoms with van der Waals surface area (Å²) < 4.78 is 0. The quantitative estimate of drug-likeness (QED) is 0.0420. The zero-order valence-corrected chi connectivity index (χ0v) is 46.1. The van der Waals surface area contributed by atoms with Gasteiger partial charge in [-0.25, -0.2) is 0 Å². The molecule has 0 radical (unpaired) electrons. The summed E-state index contributed by atoms with van der Waals surface area (Å²) in [5.74, 6) is -0.0728. The largest absolute Gasteiger partial charge is 0.394 e. The number of allylic oxidation sites excluding steroid dienone is 7. The molecular formula is C64H121NO3. The molecule has 0 saturated heterocycles. The van der Waals surface area contributed by atoms with Crippen molar-refractivity contribution in [3.8, 4) is 0 Å². The summed E-state index contributed by atoms with van der Waals surface area (Å²) in [6, 6.07) is -0.645. The molecule has 4 heteroatoms. The zero-order valence-electron chi connectivity index (χ0n) is 46.1. The Hall–Kier alpha value is -1.65. The van der Waals surface area contributed by atoms with Crippen molar-refractivity contribution in [3.05, 3.63) is 48.6 Å². The zero-order chi connectivity index (χ0) is 49.2. The first kappa shape index (κ1) is 66.3. The van der Waals surface area contributed by atoms with Gasteiger partial charge in [0.1, 0.15) is 0 Å². The van der Waals surface area contributed by atoms with Gasteiger partial charge in [0, 0.05) is 6.42 Å². The second-order valence-corrected chi connectivity index (χ2v) is 21.1. The van der Waals surface area contributed by atoms with Crippen LogP contribution in [0, 0.1) is 0 Å². The fraction of sp³-hybridized carbons (Fsp3) is 0.859. The Morgan fingerprint density at radius 1 is 0.338 bits per heavy atom. The van der Waals surface area contributed by atoms with Crippen LogP contribution in [0.3, 0.4) is 0 Å². The maximum atomic E-state index is 12.5. The van der Waals surface area contributed by atoms with Gasteiger partial charge in [0.25, 0.3) is 0 Å². The average molecular weight is 953 g/mol. The molecule has 400 valence electrons. The lowest BCUT2D eigenvalue weighted by atomic mass is 10.0. The molecule has 2 unspecified atom stereocenters. The Kier molecular flexibility index (Phi) is 58.2. The van der Waals surface area contributed by atoms with Crippen molar-refractivity contribution >= 4 is 5.91 Å². The molecule has 68 heavy (non-hydrogen) atoms. The van der Waals surface area contributed by atoms with Gasteiger partial charge < -0.3 is 15.5 Å². The Morgan fingerprint density at radius 3 is 0.853 bits per heavy atom. The number of rotatable bonds is 57. The minimum atomic E-state index is -0.869. The van der Waals surface area contributed by atoms with Crippen molar-refractivity contribution in [1.82, 2.24) is 5.32 Å². The maximum Gasteiger partial charge on any atom is 0.220 e. The van der Waals surface area contributed by atoms with Crippen LogP contribution < -0.4 is 5.32 Å². The maximum absolute atomic E-state index is 12.5. The number of hydrogen-bond acceptors (Lipinski definition) is 3. The molecule has 0 fully saturated rings. The van der Waals surface area contributed by atoms with Crippen molar-refractivity contribution in [2.24, 2.45) is 0 Å². The summed E-state index contributed by atoms with van der Waals surface area (Å²) in [7, 11) is 0. The van der Waals surface area contributed by atoms with E-state index in [1.54, 1.807) is 6.08 Å². The molecule has 2 atom stereocenters. The lowest BCUT2D eigenvalue weighted by Gasteiger charge is -2.19. The molecule has 1 amide bonds. The van der Waals surface area contributed by atoms with Crippen LogP contribution in [-0.2, 0) is 4.79 Å². The smallest absolute Gasteiger partial charge is 0.220 e. The Labute approximate surface area is 426 Å². The summed E-state index contributed by atoms with van der Waals surface area (Å²) in [6.45, 7) is 4.31. The summed E-state index contributed by atoms with van der Waals surface area (Å²) in [5.41, 5.74) is 0. The van der Waals surface area contributed by atoms with E-state index in [9.17, 15) is 15.0 Å². The number of carbonyl (C=O) groups excluding carboxylic acids is 1. The van der Waals surface area contributed by atoms with E-state index in [1.807, 2.05) is 6.08 Å². The minimum absolute atomic E-state index is 0.0728. The number of unbranched alkanes of at least 4 members (excludes halogenated alkanes) is 44. The molecule has 0 aliphatic rings. The second-order valence-electron chi connectivity index (χ2n) is 21.1. The van der Waals surface area contributed by atoms with Gasteiger partial charge in [-0.1, -0.05) is 306 Å². The Morgan fingerprint density at radius 2 is 0.574 bits per heavy atom. The van der Waals surface area contributed by atoms with Crippen LogP contribution in [0.5, 0.6) is 0 Å². The van der Waals surface area contributed by atoms with E-state index >= 15 is 0 Å². The van der Waals surface area contributed by atoms with Crippen LogP contribution in [0.15, 0.2) is 48.6 Å². The number of amides is 1. The Balaban J connectivity index is 3.41. The van der Waals surface area contributed by atoms with E-state index in [1.165, 1.54) is 276 Å². The van der Waals surface area contributed by atoms with E-state index < -0.39 is 12.1 Å². The van der Waals surface area contributed by atoms with Gasteiger partial charge in [0.15, 0.2) is 0 Å².